The molecule has 0 saturated heterocycles. The number of aliphatic carboxylic acids is 2. The minimum Gasteiger partial charge on any atom is -0.481 e. The summed E-state index contributed by atoms with van der Waals surface area (Å²) in [5.41, 5.74) is 0. The van der Waals surface area contributed by atoms with Crippen LogP contribution < -0.4 is 5.32 Å². The van der Waals surface area contributed by atoms with E-state index in [9.17, 15) is 38.7 Å². The first-order valence-corrected chi connectivity index (χ1v) is 16.2. The van der Waals surface area contributed by atoms with Crippen molar-refractivity contribution in [1.82, 2.24) is 20.0 Å². The number of carboxylic acids is 2. The number of hydrogen-bond acceptors (Lipinski definition) is 7. The molecule has 0 fully saturated rings. The lowest BCUT2D eigenvalue weighted by Crippen LogP contribution is -2.45. The topological polar surface area (TPSA) is 182 Å². The maximum Gasteiger partial charge on any atom is 0.326 e. The van der Waals surface area contributed by atoms with E-state index in [0.717, 1.165) is 59.6 Å². The molecule has 0 aromatic heterocycles. The Kier molecular flexibility index (Phi) is 23.8. The van der Waals surface area contributed by atoms with Gasteiger partial charge in [0, 0.05) is 40.4 Å². The van der Waals surface area contributed by atoms with Crippen molar-refractivity contribution in [3.63, 3.8) is 0 Å². The first kappa shape index (κ1) is 41.5. The molecule has 13 heteroatoms. The molecule has 3 N–H and O–H groups in total. The summed E-state index contributed by atoms with van der Waals surface area (Å²) in [4.78, 5) is 85.1. The predicted molar refractivity (Wildman–Crippen MR) is 169 cm³/mol. The van der Waals surface area contributed by atoms with Gasteiger partial charge in [-0.15, -0.1) is 0 Å². The highest BCUT2D eigenvalue weighted by Gasteiger charge is 2.23. The van der Waals surface area contributed by atoms with Gasteiger partial charge < -0.3 is 30.2 Å². The molecule has 0 aliphatic carbocycles. The Morgan fingerprint density at radius 2 is 0.978 bits per heavy atom. The molecule has 0 aliphatic heterocycles. The van der Waals surface area contributed by atoms with Crippen LogP contribution in [0.2, 0.25) is 0 Å². The molecule has 1 radical (unpaired) electrons. The number of rotatable bonds is 28. The number of nitrogens with one attached hydrogen (secondary N) is 1. The Hall–Kier alpha value is -3.51. The lowest BCUT2D eigenvalue weighted by molar-refractivity contribution is -0.143. The number of likely N-dealkylation sites (N-methyl/N-ethyl adjacent to an activating group) is 3. The van der Waals surface area contributed by atoms with E-state index in [0.29, 0.717) is 6.42 Å². The van der Waals surface area contributed by atoms with Crippen molar-refractivity contribution in [2.24, 2.45) is 0 Å². The molecule has 0 rings (SSSR count). The van der Waals surface area contributed by atoms with Gasteiger partial charge in [-0.3, -0.25) is 28.8 Å². The minimum atomic E-state index is -1.24. The first-order chi connectivity index (χ1) is 21.4. The fourth-order valence-electron chi connectivity index (χ4n) is 4.67. The van der Waals surface area contributed by atoms with Crippen molar-refractivity contribution in [3.05, 3.63) is 0 Å². The highest BCUT2D eigenvalue weighted by molar-refractivity contribution is 5.89. The van der Waals surface area contributed by atoms with Crippen molar-refractivity contribution in [1.29, 1.82) is 0 Å². The van der Waals surface area contributed by atoms with Crippen LogP contribution in [-0.2, 0) is 33.6 Å². The van der Waals surface area contributed by atoms with Gasteiger partial charge in [-0.25, -0.2) is 4.79 Å². The first-order valence-electron chi connectivity index (χ1n) is 16.2. The van der Waals surface area contributed by atoms with Crippen molar-refractivity contribution in [3.8, 4) is 0 Å². The van der Waals surface area contributed by atoms with Crippen molar-refractivity contribution in [2.45, 2.75) is 122 Å². The zero-order chi connectivity index (χ0) is 34.0. The monoisotopic (exact) mass is 639 g/mol. The summed E-state index contributed by atoms with van der Waals surface area (Å²) in [7, 11) is 4.20. The average Bonchev–Trinajstić information content (AvgIpc) is 2.98. The quantitative estimate of drug-likeness (QED) is 0.108. The second-order valence-electron chi connectivity index (χ2n) is 11.7. The fourth-order valence-corrected chi connectivity index (χ4v) is 4.67. The van der Waals surface area contributed by atoms with Crippen molar-refractivity contribution in [2.75, 3.05) is 40.8 Å². The summed E-state index contributed by atoms with van der Waals surface area (Å²) in [6, 6.07) is -1.21. The Morgan fingerprint density at radius 1 is 0.578 bits per heavy atom. The molecule has 4 amide bonds. The molecule has 0 saturated carbocycles. The highest BCUT2D eigenvalue weighted by Crippen LogP contribution is 2.14. The second-order valence-corrected chi connectivity index (χ2v) is 11.7. The zero-order valence-corrected chi connectivity index (χ0v) is 27.5. The van der Waals surface area contributed by atoms with E-state index in [2.05, 4.69) is 5.32 Å². The zero-order valence-electron chi connectivity index (χ0n) is 27.5. The highest BCUT2D eigenvalue weighted by atomic mass is 16.4. The number of nitrogens with zero attached hydrogens (tertiary/aromatic N) is 3. The van der Waals surface area contributed by atoms with Crippen LogP contribution in [-0.4, -0.2) is 114 Å². The van der Waals surface area contributed by atoms with Crippen molar-refractivity contribution < 1.29 is 43.8 Å². The van der Waals surface area contributed by atoms with Crippen LogP contribution in [0.15, 0.2) is 0 Å². The fraction of sp³-hybridized carbons (Fsp3) is 0.781. The molecule has 1 atom stereocenters. The number of carbonyl (C=O) groups is 6. The third-order valence-corrected chi connectivity index (χ3v) is 7.65. The molecule has 0 aromatic rings. The molecular weight excluding hydrogens is 584 g/mol. The van der Waals surface area contributed by atoms with Crippen LogP contribution in [0.4, 0.5) is 0 Å². The summed E-state index contributed by atoms with van der Waals surface area (Å²) in [6.45, 7) is -0.798. The Balaban J connectivity index is 4.05. The second kappa shape index (κ2) is 25.8. The number of carboxylic acid groups (broad SMARTS) is 2. The summed E-state index contributed by atoms with van der Waals surface area (Å²) < 4.78 is 0. The molecule has 0 aliphatic rings. The van der Waals surface area contributed by atoms with E-state index in [1.807, 2.05) is 0 Å². The standard InChI is InChI=1S/C32H55N4O9/c1-34(22-23-37)29(40)24-36(3)30(41)25-35(2)28(39)21-20-26(32(44)45)33-27(38)18-16-14-12-10-8-6-4-5-7-9-11-13-15-17-19-31(42)43/h26H,4-22,24-25H2,1-3H3,(H,33,38)(H,42,43)(H,44,45)/t26-/m0/s1. The number of unbranched alkanes of at least 4 members (excludes halogenated alkanes) is 13. The molecule has 0 spiro atoms. The van der Waals surface area contributed by atoms with Gasteiger partial charge in [0.25, 0.3) is 0 Å². The molecule has 257 valence electrons. The summed E-state index contributed by atoms with van der Waals surface area (Å²) in [5, 5.41) is 20.6. The van der Waals surface area contributed by atoms with Crippen LogP contribution in [0.3, 0.4) is 0 Å². The summed E-state index contributed by atoms with van der Waals surface area (Å²) in [6.07, 6.45) is 16.7. The lowest BCUT2D eigenvalue weighted by Gasteiger charge is -2.24. The largest absolute Gasteiger partial charge is 0.481 e. The van der Waals surface area contributed by atoms with E-state index >= 15 is 0 Å². The molecule has 0 bridgehead atoms. The molecular formula is C32H55N4O9. The number of amides is 4. The van der Waals surface area contributed by atoms with Gasteiger partial charge in [0.05, 0.1) is 19.6 Å². The third-order valence-electron chi connectivity index (χ3n) is 7.65. The van der Waals surface area contributed by atoms with E-state index in [-0.39, 0.29) is 51.2 Å². The van der Waals surface area contributed by atoms with Crippen molar-refractivity contribution >= 4 is 41.9 Å². The van der Waals surface area contributed by atoms with Crippen LogP contribution in [0.5, 0.6) is 0 Å². The Morgan fingerprint density at radius 3 is 1.40 bits per heavy atom. The van der Waals surface area contributed by atoms with Gasteiger partial charge in [-0.2, -0.15) is 0 Å². The van der Waals surface area contributed by atoms with Crippen LogP contribution >= 0.6 is 0 Å². The SMILES string of the molecule is CN(C[C]=O)C(=O)CN(C)C(=O)CN(C)C(=O)CC[C@H](NC(=O)CCCCCCCCCCCCCCCCC(=O)O)C(=O)O. The smallest absolute Gasteiger partial charge is 0.326 e. The van der Waals surface area contributed by atoms with E-state index in [1.165, 1.54) is 59.7 Å². The minimum absolute atomic E-state index is 0.119. The van der Waals surface area contributed by atoms with Crippen LogP contribution in [0.25, 0.3) is 0 Å². The van der Waals surface area contributed by atoms with E-state index in [4.69, 9.17) is 5.11 Å². The maximum atomic E-state index is 12.5. The van der Waals surface area contributed by atoms with E-state index in [1.54, 1.807) is 6.29 Å². The van der Waals surface area contributed by atoms with Gasteiger partial charge in [0.15, 0.2) is 0 Å². The number of hydrogen-bond donors (Lipinski definition) is 3. The van der Waals surface area contributed by atoms with Gasteiger partial charge in [0.1, 0.15) is 6.04 Å². The van der Waals surface area contributed by atoms with Gasteiger partial charge >= 0.3 is 11.9 Å². The molecule has 0 aromatic carbocycles. The van der Waals surface area contributed by atoms with Gasteiger partial charge in [-0.1, -0.05) is 77.0 Å². The molecule has 0 heterocycles. The van der Waals surface area contributed by atoms with Crippen LogP contribution in [0.1, 0.15) is 116 Å². The van der Waals surface area contributed by atoms with E-state index < -0.39 is 35.7 Å². The van der Waals surface area contributed by atoms with Gasteiger partial charge in [-0.05, 0) is 19.3 Å². The lowest BCUT2D eigenvalue weighted by atomic mass is 10.0. The van der Waals surface area contributed by atoms with Crippen LogP contribution in [0, 0.1) is 0 Å². The molecule has 0 unspecified atom stereocenters. The third kappa shape index (κ3) is 22.6. The normalized spacial score (nSPS) is 11.4. The summed E-state index contributed by atoms with van der Waals surface area (Å²) >= 11 is 0. The predicted octanol–water partition coefficient (Wildman–Crippen LogP) is 3.15. The average molecular weight is 640 g/mol. The van der Waals surface area contributed by atoms with Gasteiger partial charge in [0.2, 0.25) is 29.9 Å². The summed E-state index contributed by atoms with van der Waals surface area (Å²) in [5.74, 6) is -3.75. The maximum absolute atomic E-state index is 12.5. The molecule has 13 nitrogen and oxygen atoms in total. The Labute approximate surface area is 268 Å². The number of carbonyl (C=O) groups excluding carboxylic acids is 5. The Bertz CT molecular complexity index is 928. The molecule has 45 heavy (non-hydrogen) atoms.